The van der Waals surface area contributed by atoms with E-state index in [-0.39, 0.29) is 17.9 Å². The molecule has 2 saturated heterocycles. The molecule has 4 atom stereocenters. The number of epoxide rings is 2. The predicted octanol–water partition coefficient (Wildman–Crippen LogP) is 14.7. The smallest absolute Gasteiger partial charge is 0.119 e. The average Bonchev–Trinajstić information content (AvgIpc) is 4.02. The quantitative estimate of drug-likeness (QED) is 0.107. The van der Waals surface area contributed by atoms with Crippen molar-refractivity contribution in [1.29, 1.82) is 0 Å². The lowest BCUT2D eigenvalue weighted by atomic mass is 9.73. The second-order valence-electron chi connectivity index (χ2n) is 16.5. The van der Waals surface area contributed by atoms with Gasteiger partial charge in [0.1, 0.15) is 18.5 Å². The Morgan fingerprint density at radius 3 is 1.29 bits per heavy atom. The van der Waals surface area contributed by atoms with E-state index in [1.165, 1.54) is 116 Å². The summed E-state index contributed by atoms with van der Waals surface area (Å²) in [5.74, 6) is 2.39. The molecule has 0 amide bonds. The maximum absolute atomic E-state index is 5.94. The molecule has 2 heterocycles. The standard InChI is InChI=1S/C34H36O2.C6H12O.C5H10.C5H12.C3H6/c1-4-5-26-10-16-29(17-11-26)33(27-12-6-24(2)7-13-27)34(28-14-8-25(3)9-15-28)30-18-20-31(21-19-30)35-22-32-23-36-32;1-2-3-4-6-5-7-6;1-2-5-3-4-5;1-3-5-4-2;1-2-3-1/h6-21,32-34H,4-5,22-23H2,1-3H3;6H,2-5H2,1H3;5H,2-4H2,1H3;3-5H2,1-2H3;1-3H2. The van der Waals surface area contributed by atoms with Gasteiger partial charge in [-0.3, -0.25) is 0 Å². The minimum atomic E-state index is 0.172. The normalized spacial score (nSPS) is 18.1. The van der Waals surface area contributed by atoms with Crippen LogP contribution < -0.4 is 4.74 Å². The zero-order valence-electron chi connectivity index (χ0n) is 36.4. The second kappa shape index (κ2) is 25.8. The molecule has 3 nitrogen and oxygen atoms in total. The molecule has 306 valence electrons. The van der Waals surface area contributed by atoms with Gasteiger partial charge in [-0.1, -0.05) is 208 Å². The van der Waals surface area contributed by atoms with Crippen LogP contribution in [0.15, 0.2) is 97.1 Å². The summed E-state index contributed by atoms with van der Waals surface area (Å²) >= 11 is 0. The van der Waals surface area contributed by atoms with Crippen molar-refractivity contribution in [3.8, 4) is 5.75 Å². The lowest BCUT2D eigenvalue weighted by molar-refractivity contribution is 0.263. The minimum absolute atomic E-state index is 0.172. The highest BCUT2D eigenvalue weighted by Crippen LogP contribution is 2.43. The van der Waals surface area contributed by atoms with E-state index in [2.05, 4.69) is 146 Å². The molecule has 56 heavy (non-hydrogen) atoms. The first kappa shape index (κ1) is 45.3. The van der Waals surface area contributed by atoms with E-state index in [0.29, 0.717) is 12.7 Å². The van der Waals surface area contributed by atoms with Gasteiger partial charge in [-0.05, 0) is 72.6 Å². The van der Waals surface area contributed by atoms with Crippen LogP contribution in [0.25, 0.3) is 0 Å². The Morgan fingerprint density at radius 2 is 0.964 bits per heavy atom. The molecule has 0 bridgehead atoms. The van der Waals surface area contributed by atoms with E-state index in [9.17, 15) is 0 Å². The third-order valence-corrected chi connectivity index (χ3v) is 10.8. The Balaban J connectivity index is 0.000000280. The Bertz CT molecular complexity index is 1560. The van der Waals surface area contributed by atoms with Gasteiger partial charge in [-0.2, -0.15) is 0 Å². The number of aryl methyl sites for hydroxylation is 3. The number of hydrogen-bond donors (Lipinski definition) is 0. The van der Waals surface area contributed by atoms with Gasteiger partial charge >= 0.3 is 0 Å². The monoisotopic (exact) mass is 761 g/mol. The summed E-state index contributed by atoms with van der Waals surface area (Å²) < 4.78 is 16.2. The van der Waals surface area contributed by atoms with E-state index in [0.717, 1.165) is 37.7 Å². The molecule has 4 aromatic carbocycles. The maximum Gasteiger partial charge on any atom is 0.119 e. The molecule has 2 saturated carbocycles. The lowest BCUT2D eigenvalue weighted by Crippen LogP contribution is -2.15. The second-order valence-corrected chi connectivity index (χ2v) is 16.5. The van der Waals surface area contributed by atoms with Crippen LogP contribution in [-0.2, 0) is 15.9 Å². The van der Waals surface area contributed by atoms with Crippen LogP contribution in [0.2, 0.25) is 0 Å². The lowest BCUT2D eigenvalue weighted by Gasteiger charge is -2.30. The van der Waals surface area contributed by atoms with Gasteiger partial charge < -0.3 is 14.2 Å². The number of rotatable bonds is 16. The Hall–Kier alpha value is -3.40. The van der Waals surface area contributed by atoms with Crippen molar-refractivity contribution in [2.45, 2.75) is 162 Å². The molecule has 2 aliphatic carbocycles. The van der Waals surface area contributed by atoms with E-state index >= 15 is 0 Å². The summed E-state index contributed by atoms with van der Waals surface area (Å²) in [4.78, 5) is 0. The van der Waals surface area contributed by atoms with Gasteiger partial charge in [-0.15, -0.1) is 0 Å². The molecule has 0 radical (unpaired) electrons. The summed E-state index contributed by atoms with van der Waals surface area (Å²) in [6.07, 6.45) is 20.1. The van der Waals surface area contributed by atoms with Gasteiger partial charge in [0.05, 0.1) is 19.3 Å². The van der Waals surface area contributed by atoms with Gasteiger partial charge in [0.25, 0.3) is 0 Å². The molecule has 0 N–H and O–H groups in total. The summed E-state index contributed by atoms with van der Waals surface area (Å²) in [6.45, 7) is 17.9. The maximum atomic E-state index is 5.94. The highest BCUT2D eigenvalue weighted by Gasteiger charge is 2.29. The zero-order chi connectivity index (χ0) is 40.0. The Morgan fingerprint density at radius 1 is 0.536 bits per heavy atom. The first-order chi connectivity index (χ1) is 27.4. The molecule has 4 unspecified atom stereocenters. The van der Waals surface area contributed by atoms with Gasteiger partial charge in [-0.25, -0.2) is 0 Å². The molecule has 0 aromatic heterocycles. The summed E-state index contributed by atoms with van der Waals surface area (Å²) in [6, 6.07) is 36.1. The topological polar surface area (TPSA) is 34.3 Å². The van der Waals surface area contributed by atoms with Crippen LogP contribution in [0.4, 0.5) is 0 Å². The van der Waals surface area contributed by atoms with Crippen molar-refractivity contribution in [1.82, 2.24) is 0 Å². The van der Waals surface area contributed by atoms with Gasteiger partial charge in [0.2, 0.25) is 0 Å². The number of benzene rings is 4. The third-order valence-electron chi connectivity index (χ3n) is 10.8. The Kier molecular flexibility index (Phi) is 20.8. The predicted molar refractivity (Wildman–Crippen MR) is 239 cm³/mol. The first-order valence-corrected chi connectivity index (χ1v) is 22.6. The fourth-order valence-electron chi connectivity index (χ4n) is 6.55. The molecule has 2 aliphatic heterocycles. The zero-order valence-corrected chi connectivity index (χ0v) is 36.4. The molecule has 4 aliphatic rings. The van der Waals surface area contributed by atoms with Gasteiger partial charge in [0.15, 0.2) is 0 Å². The van der Waals surface area contributed by atoms with Gasteiger partial charge in [0, 0.05) is 11.8 Å². The van der Waals surface area contributed by atoms with Crippen LogP contribution in [0.3, 0.4) is 0 Å². The van der Waals surface area contributed by atoms with Crippen LogP contribution in [0.1, 0.15) is 169 Å². The van der Waals surface area contributed by atoms with Crippen molar-refractivity contribution in [2.75, 3.05) is 19.8 Å². The largest absolute Gasteiger partial charge is 0.491 e. The minimum Gasteiger partial charge on any atom is -0.491 e. The third kappa shape index (κ3) is 18.2. The highest BCUT2D eigenvalue weighted by atomic mass is 16.6. The molecule has 0 spiro atoms. The molecule has 4 aromatic rings. The molecule has 8 rings (SSSR count). The van der Waals surface area contributed by atoms with Crippen LogP contribution in [0, 0.1) is 19.8 Å². The average molecular weight is 761 g/mol. The van der Waals surface area contributed by atoms with Crippen molar-refractivity contribution in [3.63, 3.8) is 0 Å². The van der Waals surface area contributed by atoms with E-state index in [1.807, 2.05) is 0 Å². The van der Waals surface area contributed by atoms with Crippen molar-refractivity contribution >= 4 is 0 Å². The summed E-state index contributed by atoms with van der Waals surface area (Å²) in [7, 11) is 0. The number of unbranched alkanes of at least 4 members (excludes halogenated alkanes) is 3. The summed E-state index contributed by atoms with van der Waals surface area (Å²) in [5, 5.41) is 0. The van der Waals surface area contributed by atoms with Crippen LogP contribution in [0.5, 0.6) is 5.75 Å². The Labute approximate surface area is 343 Å². The van der Waals surface area contributed by atoms with Crippen molar-refractivity contribution in [2.24, 2.45) is 5.92 Å². The van der Waals surface area contributed by atoms with E-state index in [4.69, 9.17) is 14.2 Å². The SMILES string of the molecule is C1CC1.CCC1CC1.CCCCC.CCCCC1CO1.CCCc1ccc(C(c2ccc(C)cc2)C(c2ccc(C)cc2)c2ccc(OCC3CO3)cc2)cc1. The molecular formula is C53H76O3. The fourth-order valence-corrected chi connectivity index (χ4v) is 6.55. The highest BCUT2D eigenvalue weighted by molar-refractivity contribution is 5.47. The van der Waals surface area contributed by atoms with E-state index in [1.54, 1.807) is 0 Å². The first-order valence-electron chi connectivity index (χ1n) is 22.6. The van der Waals surface area contributed by atoms with Crippen LogP contribution >= 0.6 is 0 Å². The molecule has 3 heteroatoms. The van der Waals surface area contributed by atoms with E-state index < -0.39 is 0 Å². The van der Waals surface area contributed by atoms with Crippen molar-refractivity contribution in [3.05, 3.63) is 136 Å². The fraction of sp³-hybridized carbons (Fsp3) is 0.547. The molecular weight excluding hydrogens is 685 g/mol. The van der Waals surface area contributed by atoms with Crippen LogP contribution in [-0.4, -0.2) is 32.0 Å². The number of hydrogen-bond acceptors (Lipinski definition) is 3. The number of ether oxygens (including phenoxy) is 3. The summed E-state index contributed by atoms with van der Waals surface area (Å²) in [5.41, 5.74) is 9.25. The molecule has 4 fully saturated rings. The van der Waals surface area contributed by atoms with Crippen molar-refractivity contribution < 1.29 is 14.2 Å².